The van der Waals surface area contributed by atoms with Crippen molar-refractivity contribution in [3.05, 3.63) is 48.3 Å². The van der Waals surface area contributed by atoms with Gasteiger partial charge in [-0.15, -0.1) is 0 Å². The van der Waals surface area contributed by atoms with Crippen LogP contribution in [0.4, 0.5) is 4.79 Å². The van der Waals surface area contributed by atoms with Crippen LogP contribution in [0.2, 0.25) is 0 Å². The summed E-state index contributed by atoms with van der Waals surface area (Å²) in [5, 5.41) is 9.81. The van der Waals surface area contributed by atoms with E-state index in [-0.39, 0.29) is 17.9 Å². The largest absolute Gasteiger partial charge is 0.488 e. The molecule has 2 aromatic heterocycles. The lowest BCUT2D eigenvalue weighted by molar-refractivity contribution is -0.0231. The number of hydrogen-bond donors (Lipinski definition) is 1. The Morgan fingerprint density at radius 1 is 1.21 bits per heavy atom. The van der Waals surface area contributed by atoms with E-state index in [9.17, 15) is 10.1 Å². The summed E-state index contributed by atoms with van der Waals surface area (Å²) in [6.45, 7) is 10.6. The molecule has 1 aromatic carbocycles. The Kier molecular flexibility index (Phi) is 7.21. The fourth-order valence-corrected chi connectivity index (χ4v) is 4.82. The Morgan fingerprint density at radius 3 is 2.59 bits per heavy atom. The summed E-state index contributed by atoms with van der Waals surface area (Å²) in [5.41, 5.74) is 8.77. The summed E-state index contributed by atoms with van der Waals surface area (Å²) in [6, 6.07) is 11.6. The molecular weight excluding hydrogens is 428 g/mol. The first-order chi connectivity index (χ1) is 15.9. The number of aryl methyl sites for hydroxylation is 1. The second-order valence-electron chi connectivity index (χ2n) is 10.6. The zero-order chi connectivity index (χ0) is 25.1. The molecule has 3 aromatic rings. The highest BCUT2D eigenvalue weighted by Crippen LogP contribution is 2.34. The Bertz CT molecular complexity index is 1220. The van der Waals surface area contributed by atoms with Gasteiger partial charge in [-0.2, -0.15) is 5.26 Å². The van der Waals surface area contributed by atoms with Gasteiger partial charge in [-0.05, 0) is 60.9 Å². The zero-order valence-corrected chi connectivity index (χ0v) is 20.9. The maximum Gasteiger partial charge on any atom is 0.405 e. The topological polar surface area (TPSA) is 103 Å². The smallest absolute Gasteiger partial charge is 0.405 e. The molecule has 0 saturated heterocycles. The van der Waals surface area contributed by atoms with Gasteiger partial charge in [0.1, 0.15) is 24.0 Å². The molecule has 0 bridgehead atoms. The van der Waals surface area contributed by atoms with Gasteiger partial charge < -0.3 is 19.8 Å². The van der Waals surface area contributed by atoms with Gasteiger partial charge in [0.15, 0.2) is 0 Å². The number of ether oxygens (including phenoxy) is 2. The van der Waals surface area contributed by atoms with Crippen LogP contribution in [0.3, 0.4) is 0 Å². The van der Waals surface area contributed by atoms with Crippen molar-refractivity contribution < 1.29 is 14.3 Å². The molecule has 7 heteroatoms. The lowest BCUT2D eigenvalue weighted by Gasteiger charge is -2.33. The number of carbonyl (C=O) groups excluding carboxylic acids is 1. The molecule has 0 aliphatic carbocycles. The molecule has 1 amide bonds. The number of benzene rings is 1. The highest BCUT2D eigenvalue weighted by atomic mass is 16.6. The Balaban J connectivity index is 1.84. The van der Waals surface area contributed by atoms with Crippen molar-refractivity contribution in [1.29, 1.82) is 5.26 Å². The quantitative estimate of drug-likeness (QED) is 0.455. The average Bonchev–Trinajstić information content (AvgIpc) is 3.11. The van der Waals surface area contributed by atoms with Crippen molar-refractivity contribution in [1.82, 2.24) is 9.55 Å². The van der Waals surface area contributed by atoms with Crippen molar-refractivity contribution in [2.75, 3.05) is 6.61 Å². The van der Waals surface area contributed by atoms with Crippen LogP contribution in [0, 0.1) is 22.7 Å². The minimum atomic E-state index is -0.914. The van der Waals surface area contributed by atoms with E-state index in [0.29, 0.717) is 17.7 Å². The van der Waals surface area contributed by atoms with Gasteiger partial charge in [-0.3, -0.25) is 4.98 Å². The third-order valence-corrected chi connectivity index (χ3v) is 5.79. The van der Waals surface area contributed by atoms with E-state index in [0.717, 1.165) is 28.6 Å². The summed E-state index contributed by atoms with van der Waals surface area (Å²) in [7, 11) is 1.97. The lowest BCUT2D eigenvalue weighted by Crippen LogP contribution is -2.41. The van der Waals surface area contributed by atoms with Crippen molar-refractivity contribution in [3.63, 3.8) is 0 Å². The molecule has 34 heavy (non-hydrogen) atoms. The van der Waals surface area contributed by atoms with E-state index in [1.54, 1.807) is 12.3 Å². The molecular formula is C27H34N4O3. The van der Waals surface area contributed by atoms with Crippen molar-refractivity contribution >= 4 is 17.1 Å². The van der Waals surface area contributed by atoms with E-state index >= 15 is 0 Å². The van der Waals surface area contributed by atoms with Crippen molar-refractivity contribution in [3.8, 4) is 22.9 Å². The molecule has 0 aliphatic rings. The predicted octanol–water partition coefficient (Wildman–Crippen LogP) is 5.81. The number of nitriles is 1. The van der Waals surface area contributed by atoms with Gasteiger partial charge in [0.05, 0.1) is 16.6 Å². The number of rotatable bonds is 8. The fourth-order valence-electron chi connectivity index (χ4n) is 4.82. The normalized spacial score (nSPS) is 14.3. The number of nitrogens with zero attached hydrogens (tertiary/aromatic N) is 3. The number of pyridine rings is 1. The van der Waals surface area contributed by atoms with Crippen LogP contribution in [-0.2, 0) is 11.8 Å². The Hall–Kier alpha value is -3.53. The van der Waals surface area contributed by atoms with E-state index < -0.39 is 11.7 Å². The minimum absolute atomic E-state index is 0.0930. The average molecular weight is 463 g/mol. The molecule has 3 rings (SSSR count). The zero-order valence-electron chi connectivity index (χ0n) is 20.9. The van der Waals surface area contributed by atoms with Gasteiger partial charge in [-0.1, -0.05) is 33.8 Å². The van der Waals surface area contributed by atoms with E-state index in [1.807, 2.05) is 49.0 Å². The first-order valence-electron chi connectivity index (χ1n) is 11.5. The summed E-state index contributed by atoms with van der Waals surface area (Å²) in [6.07, 6.45) is 4.44. The molecule has 0 unspecified atom stereocenters. The second kappa shape index (κ2) is 9.76. The third kappa shape index (κ3) is 6.07. The number of aromatic nitrogens is 2. The molecule has 2 N–H and O–H groups in total. The predicted molar refractivity (Wildman–Crippen MR) is 133 cm³/mol. The molecule has 2 heterocycles. The summed E-state index contributed by atoms with van der Waals surface area (Å²) < 4.78 is 13.5. The number of hydrogen-bond acceptors (Lipinski definition) is 5. The Morgan fingerprint density at radius 2 is 1.94 bits per heavy atom. The van der Waals surface area contributed by atoms with Crippen LogP contribution in [-0.4, -0.2) is 27.9 Å². The van der Waals surface area contributed by atoms with E-state index in [4.69, 9.17) is 15.2 Å². The van der Waals surface area contributed by atoms with E-state index in [2.05, 4.69) is 38.7 Å². The molecule has 0 radical (unpaired) electrons. The highest BCUT2D eigenvalue weighted by Gasteiger charge is 2.33. The van der Waals surface area contributed by atoms with Gasteiger partial charge >= 0.3 is 6.09 Å². The molecule has 0 spiro atoms. The number of amides is 1. The van der Waals surface area contributed by atoms with Crippen LogP contribution in [0.15, 0.2) is 42.7 Å². The van der Waals surface area contributed by atoms with Crippen molar-refractivity contribution in [2.24, 2.45) is 24.1 Å². The third-order valence-electron chi connectivity index (χ3n) is 5.79. The number of fused-ring (bicyclic) bond motifs is 1. The minimum Gasteiger partial charge on any atom is -0.488 e. The first-order valence-corrected chi connectivity index (χ1v) is 11.5. The van der Waals surface area contributed by atoms with Gasteiger partial charge in [0, 0.05) is 25.0 Å². The maximum atomic E-state index is 11.6. The van der Waals surface area contributed by atoms with Crippen LogP contribution < -0.4 is 10.5 Å². The van der Waals surface area contributed by atoms with Crippen LogP contribution >= 0.6 is 0 Å². The lowest BCUT2D eigenvalue weighted by atomic mass is 9.81. The maximum absolute atomic E-state index is 11.6. The van der Waals surface area contributed by atoms with Crippen LogP contribution in [0.1, 0.15) is 53.0 Å². The Labute approximate surface area is 201 Å². The number of primary amides is 1. The summed E-state index contributed by atoms with van der Waals surface area (Å²) in [5.74, 6) is 0.719. The molecule has 7 nitrogen and oxygen atoms in total. The molecule has 0 saturated carbocycles. The highest BCUT2D eigenvalue weighted by molar-refractivity contribution is 5.92. The van der Waals surface area contributed by atoms with Crippen LogP contribution in [0.25, 0.3) is 22.2 Å². The first kappa shape index (κ1) is 25.1. The number of carbonyl (C=O) groups is 1. The second-order valence-corrected chi connectivity index (χ2v) is 10.6. The SMILES string of the molecule is C[C@@H](CC(C)(C)C)C[C@@](C)(COc1ccc(-c2ccnc3ccn(C)c23)cc1C#N)OC(N)=O. The summed E-state index contributed by atoms with van der Waals surface area (Å²) >= 11 is 0. The molecule has 180 valence electrons. The monoisotopic (exact) mass is 462 g/mol. The van der Waals surface area contributed by atoms with Crippen LogP contribution in [0.5, 0.6) is 5.75 Å². The van der Waals surface area contributed by atoms with Gasteiger partial charge in [-0.25, -0.2) is 4.79 Å². The number of nitrogens with two attached hydrogens (primary N) is 1. The van der Waals surface area contributed by atoms with Gasteiger partial charge in [0.25, 0.3) is 0 Å². The van der Waals surface area contributed by atoms with E-state index in [1.165, 1.54) is 0 Å². The van der Waals surface area contributed by atoms with Gasteiger partial charge in [0.2, 0.25) is 0 Å². The standard InChI is InChI=1S/C27H34N4O3/c1-18(14-26(2,3)4)15-27(5,34-25(29)32)17-33-23-8-7-19(13-20(23)16-28)21-9-11-30-22-10-12-31(6)24(21)22/h7-13,18H,14-15,17H2,1-6H3,(H2,29,32)/t18-,27-/m0/s1. The van der Waals surface area contributed by atoms with Crippen molar-refractivity contribution in [2.45, 2.75) is 53.1 Å². The molecule has 0 aliphatic heterocycles. The summed E-state index contributed by atoms with van der Waals surface area (Å²) in [4.78, 5) is 16.0. The fraction of sp³-hybridized carbons (Fsp3) is 0.444. The molecule has 0 fully saturated rings. The molecule has 2 atom stereocenters.